The van der Waals surface area contributed by atoms with E-state index in [1.54, 1.807) is 0 Å². The lowest BCUT2D eigenvalue weighted by atomic mass is 9.97. The molecule has 3 aromatic heterocycles. The highest BCUT2D eigenvalue weighted by atomic mass is 35.5. The average Bonchev–Trinajstić information content (AvgIpc) is 3.46. The van der Waals surface area contributed by atoms with E-state index in [0.717, 1.165) is 66.6 Å². The molecule has 1 aliphatic heterocycles. The Balaban J connectivity index is 1.77. The van der Waals surface area contributed by atoms with Crippen LogP contribution in [-0.4, -0.2) is 20.7 Å². The number of nitrogens with zero attached hydrogens (tertiary/aromatic N) is 3. The van der Waals surface area contributed by atoms with Crippen molar-refractivity contribution in [3.8, 4) is 0 Å². The minimum atomic E-state index is -0.350. The van der Waals surface area contributed by atoms with Crippen LogP contribution >= 0.6 is 11.5 Å². The number of rotatable bonds is 1. The van der Waals surface area contributed by atoms with Crippen molar-refractivity contribution in [2.75, 3.05) is 5.32 Å². The van der Waals surface area contributed by atoms with Crippen molar-refractivity contribution in [1.29, 1.82) is 0 Å². The number of aromatic amines is 2. The number of aromatic nitrogens is 3. The summed E-state index contributed by atoms with van der Waals surface area (Å²) in [6, 6.07) is 24.7. The summed E-state index contributed by atoms with van der Waals surface area (Å²) in [5.41, 5.74) is 1.56. The van der Waals surface area contributed by atoms with Gasteiger partial charge in [0.2, 0.25) is 0 Å². The second-order valence-corrected chi connectivity index (χ2v) is 8.91. The van der Waals surface area contributed by atoms with Gasteiger partial charge < -0.3 is 19.8 Å². The molecular formula is C25H18BClN6. The molecule has 1 aliphatic rings. The van der Waals surface area contributed by atoms with Crippen molar-refractivity contribution < 1.29 is 0 Å². The van der Waals surface area contributed by atoms with Gasteiger partial charge in [0.05, 0.1) is 0 Å². The standard InChI is InChI=1S/C25H18BClN6/c1-26(27)33-24-18-12-6-7-13-19(18)25(33)32-23-17-11-5-3-9-15(17)21(30-23)28-20-14-8-2-4-10-16(14)22(29-20)31-24/h2-13,28-30H,1H3. The van der Waals surface area contributed by atoms with Crippen molar-refractivity contribution >= 4 is 73.3 Å². The van der Waals surface area contributed by atoms with E-state index in [4.69, 9.17) is 21.4 Å². The summed E-state index contributed by atoms with van der Waals surface area (Å²) in [7, 11) is 0. The van der Waals surface area contributed by atoms with Crippen LogP contribution in [0.1, 0.15) is 0 Å². The van der Waals surface area contributed by atoms with E-state index in [0.29, 0.717) is 0 Å². The average molecular weight is 449 g/mol. The van der Waals surface area contributed by atoms with E-state index in [2.05, 4.69) is 51.7 Å². The number of benzene rings is 3. The first-order valence-corrected chi connectivity index (χ1v) is 11.3. The molecule has 6 bridgehead atoms. The molecule has 8 heteroatoms. The van der Waals surface area contributed by atoms with Gasteiger partial charge in [-0.2, -0.15) is 11.5 Å². The summed E-state index contributed by atoms with van der Waals surface area (Å²) in [6.45, 7) is 1.95. The van der Waals surface area contributed by atoms with Crippen LogP contribution in [0.15, 0.2) is 82.8 Å². The van der Waals surface area contributed by atoms with Crippen molar-refractivity contribution in [2.24, 2.45) is 9.98 Å². The molecule has 33 heavy (non-hydrogen) atoms. The topological polar surface area (TPSA) is 73.3 Å². The summed E-state index contributed by atoms with van der Waals surface area (Å²) in [4.78, 5) is 17.3. The van der Waals surface area contributed by atoms with Gasteiger partial charge in [-0.3, -0.25) is 0 Å². The number of nitrogens with one attached hydrogen (secondary N) is 3. The van der Waals surface area contributed by atoms with Gasteiger partial charge in [0.15, 0.2) is 0 Å². The second-order valence-electron chi connectivity index (χ2n) is 8.27. The Labute approximate surface area is 193 Å². The van der Waals surface area contributed by atoms with Gasteiger partial charge in [-0.05, 0) is 6.82 Å². The van der Waals surface area contributed by atoms with Gasteiger partial charge >= 0.3 is 6.26 Å². The fourth-order valence-corrected chi connectivity index (χ4v) is 5.01. The Hall–Kier alpha value is -3.97. The Kier molecular flexibility index (Phi) is 3.81. The third-order valence-electron chi connectivity index (χ3n) is 6.30. The number of fused-ring (bicyclic) bond motifs is 15. The maximum absolute atomic E-state index is 6.75. The second kappa shape index (κ2) is 6.77. The van der Waals surface area contributed by atoms with Crippen LogP contribution in [0.5, 0.6) is 0 Å². The Morgan fingerprint density at radius 2 is 1.03 bits per heavy atom. The fourth-order valence-electron chi connectivity index (χ4n) is 4.83. The molecule has 0 atom stereocenters. The van der Waals surface area contributed by atoms with Crippen molar-refractivity contribution in [3.63, 3.8) is 0 Å². The van der Waals surface area contributed by atoms with E-state index in [9.17, 15) is 0 Å². The van der Waals surface area contributed by atoms with Crippen LogP contribution in [0.3, 0.4) is 0 Å². The first kappa shape index (κ1) is 18.6. The van der Waals surface area contributed by atoms with Gasteiger partial charge in [0.25, 0.3) is 0 Å². The lowest BCUT2D eigenvalue weighted by Crippen LogP contribution is -2.35. The van der Waals surface area contributed by atoms with Crippen LogP contribution in [0.4, 0.5) is 23.3 Å². The van der Waals surface area contributed by atoms with E-state index >= 15 is 0 Å². The molecule has 0 saturated carbocycles. The Morgan fingerprint density at radius 1 is 0.636 bits per heavy atom. The van der Waals surface area contributed by atoms with Crippen molar-refractivity contribution in [3.05, 3.63) is 83.8 Å². The normalized spacial score (nSPS) is 12.7. The van der Waals surface area contributed by atoms with Crippen LogP contribution < -0.4 is 16.3 Å². The molecule has 0 spiro atoms. The number of halogens is 1. The number of hydrogen-bond acceptors (Lipinski definition) is 3. The third kappa shape index (κ3) is 2.63. The van der Waals surface area contributed by atoms with Crippen molar-refractivity contribution in [2.45, 2.75) is 6.82 Å². The highest BCUT2D eigenvalue weighted by Gasteiger charge is 2.20. The van der Waals surface area contributed by atoms with Crippen LogP contribution in [0.2, 0.25) is 6.82 Å². The van der Waals surface area contributed by atoms with E-state index in [1.807, 2.05) is 47.7 Å². The maximum atomic E-state index is 6.75. The minimum Gasteiger partial charge on any atom is -0.339 e. The van der Waals surface area contributed by atoms with E-state index in [1.165, 1.54) is 0 Å². The molecule has 0 saturated heterocycles. The summed E-state index contributed by atoms with van der Waals surface area (Å²) in [5.74, 6) is 3.31. The molecule has 6 aromatic rings. The van der Waals surface area contributed by atoms with Gasteiger partial charge in [-0.25, -0.2) is 9.98 Å². The predicted molar refractivity (Wildman–Crippen MR) is 136 cm³/mol. The molecule has 158 valence electrons. The quantitative estimate of drug-likeness (QED) is 0.274. The molecule has 0 unspecified atom stereocenters. The van der Waals surface area contributed by atoms with Crippen LogP contribution in [0, 0.1) is 0 Å². The molecule has 3 aromatic carbocycles. The zero-order valence-corrected chi connectivity index (χ0v) is 18.5. The SMILES string of the molecule is CB(Cl)n1c2c3ccccc3c1=Nc1[nH]c(c3ccccc13)Nc1[nH]c(c3ccccc13)N=2. The molecule has 7 rings (SSSR count). The predicted octanol–water partition coefficient (Wildman–Crippen LogP) is 5.77. The smallest absolute Gasteiger partial charge is 0.339 e. The zero-order chi connectivity index (χ0) is 22.1. The molecule has 4 heterocycles. The largest absolute Gasteiger partial charge is 0.364 e. The fraction of sp³-hybridized carbons (Fsp3) is 0.0400. The number of anilines is 2. The first-order chi connectivity index (χ1) is 16.2. The molecule has 0 amide bonds. The summed E-state index contributed by atoms with van der Waals surface area (Å²) in [6.07, 6.45) is -0.350. The maximum Gasteiger partial charge on any atom is 0.364 e. The molecule has 6 nitrogen and oxygen atoms in total. The third-order valence-corrected chi connectivity index (χ3v) is 6.49. The van der Waals surface area contributed by atoms with Gasteiger partial charge in [-0.1, -0.05) is 72.8 Å². The van der Waals surface area contributed by atoms with Gasteiger partial charge in [0.1, 0.15) is 34.2 Å². The molecule has 0 radical (unpaired) electrons. The van der Waals surface area contributed by atoms with Crippen LogP contribution in [0.25, 0.3) is 32.3 Å². The molecular weight excluding hydrogens is 431 g/mol. The lowest BCUT2D eigenvalue weighted by molar-refractivity contribution is 1.01. The zero-order valence-electron chi connectivity index (χ0n) is 17.7. The molecule has 0 fully saturated rings. The summed E-state index contributed by atoms with van der Waals surface area (Å²) >= 11 is 6.75. The highest BCUT2D eigenvalue weighted by molar-refractivity contribution is 7.05. The molecule has 3 N–H and O–H groups in total. The monoisotopic (exact) mass is 448 g/mol. The lowest BCUT2D eigenvalue weighted by Gasteiger charge is -2.04. The van der Waals surface area contributed by atoms with Gasteiger partial charge in [0, 0.05) is 32.3 Å². The highest BCUT2D eigenvalue weighted by Crippen LogP contribution is 2.37. The summed E-state index contributed by atoms with van der Waals surface area (Å²) < 4.78 is 2.01. The van der Waals surface area contributed by atoms with E-state index < -0.39 is 0 Å². The van der Waals surface area contributed by atoms with Gasteiger partial charge in [-0.15, -0.1) is 0 Å². The van der Waals surface area contributed by atoms with Crippen molar-refractivity contribution in [1.82, 2.24) is 14.4 Å². The number of H-pyrrole nitrogens is 2. The van der Waals surface area contributed by atoms with Crippen LogP contribution in [-0.2, 0) is 0 Å². The van der Waals surface area contributed by atoms with E-state index in [-0.39, 0.29) is 6.26 Å². The minimum absolute atomic E-state index is 0.350. The first-order valence-electron chi connectivity index (χ1n) is 10.9. The Bertz CT molecular complexity index is 1710. The number of hydrogen-bond donors (Lipinski definition) is 3. The molecule has 0 aliphatic carbocycles. The summed E-state index contributed by atoms with van der Waals surface area (Å²) in [5, 5.41) is 9.78. The Morgan fingerprint density at radius 3 is 1.45 bits per heavy atom.